The van der Waals surface area contributed by atoms with Crippen LogP contribution in [0.1, 0.15) is 196 Å². The molecule has 0 unspecified atom stereocenters. The van der Waals surface area contributed by atoms with Crippen LogP contribution in [-0.2, 0) is 9.53 Å². The molecule has 280 valence electrons. The molecule has 4 aliphatic carbocycles. The summed E-state index contributed by atoms with van der Waals surface area (Å²) in [4.78, 5) is 12.8. The fourth-order valence-corrected chi connectivity index (χ4v) is 11.7. The number of carbonyl (C=O) groups is 1. The molecule has 0 saturated heterocycles. The Labute approximate surface area is 305 Å². The van der Waals surface area contributed by atoms with E-state index in [9.17, 15) is 4.79 Å². The quantitative estimate of drug-likeness (QED) is 0.0687. The third kappa shape index (κ3) is 10.9. The Morgan fingerprint density at radius 1 is 0.837 bits per heavy atom. The topological polar surface area (TPSA) is 26.3 Å². The third-order valence-corrected chi connectivity index (χ3v) is 14.9. The van der Waals surface area contributed by atoms with E-state index in [-0.39, 0.29) is 12.1 Å². The number of hydrogen-bond donors (Lipinski definition) is 0. The van der Waals surface area contributed by atoms with Crippen molar-refractivity contribution in [3.05, 3.63) is 36.0 Å². The predicted molar refractivity (Wildman–Crippen MR) is 211 cm³/mol. The molecule has 4 rings (SSSR count). The van der Waals surface area contributed by atoms with Crippen molar-refractivity contribution < 1.29 is 9.53 Å². The molecular formula is C47H80O2. The summed E-state index contributed by atoms with van der Waals surface area (Å²) in [6, 6.07) is 0. The van der Waals surface area contributed by atoms with Crippen LogP contribution in [0.25, 0.3) is 0 Å². The smallest absolute Gasteiger partial charge is 0.306 e. The second-order valence-corrected chi connectivity index (χ2v) is 18.3. The van der Waals surface area contributed by atoms with E-state index in [1.54, 1.807) is 5.57 Å². The highest BCUT2D eigenvalue weighted by Gasteiger charge is 2.59. The third-order valence-electron chi connectivity index (χ3n) is 14.9. The normalized spacial score (nSPS) is 32.6. The highest BCUT2D eigenvalue weighted by molar-refractivity contribution is 5.69. The van der Waals surface area contributed by atoms with Gasteiger partial charge in [-0.1, -0.05) is 129 Å². The van der Waals surface area contributed by atoms with E-state index in [0.29, 0.717) is 17.3 Å². The minimum Gasteiger partial charge on any atom is -0.462 e. The fourth-order valence-electron chi connectivity index (χ4n) is 11.7. The van der Waals surface area contributed by atoms with Crippen LogP contribution in [0.3, 0.4) is 0 Å². The molecule has 3 fully saturated rings. The maximum atomic E-state index is 12.8. The molecule has 0 amide bonds. The molecule has 0 radical (unpaired) electrons. The SMILES string of the molecule is CCCCC/C=C\C/C=C\CCCCCCCC(=O)O[C@H]1CC[C@@]2(C)C(=CC[C@H]3[C@@H]4CC[C@H]([C@H](C)CC[C@@H](CC)C(C)C)[C@@]4(C)CC[C@@H]32)C1. The van der Waals surface area contributed by atoms with Crippen molar-refractivity contribution in [2.75, 3.05) is 0 Å². The van der Waals surface area contributed by atoms with Gasteiger partial charge in [0, 0.05) is 12.8 Å². The summed E-state index contributed by atoms with van der Waals surface area (Å²) in [5, 5.41) is 0. The van der Waals surface area contributed by atoms with Gasteiger partial charge in [-0.05, 0) is 142 Å². The molecule has 0 aromatic rings. The molecule has 0 aromatic heterocycles. The van der Waals surface area contributed by atoms with Gasteiger partial charge in [0.25, 0.3) is 0 Å². The first-order valence-corrected chi connectivity index (χ1v) is 21.8. The van der Waals surface area contributed by atoms with E-state index in [0.717, 1.165) is 73.5 Å². The van der Waals surface area contributed by atoms with Crippen LogP contribution in [-0.4, -0.2) is 12.1 Å². The summed E-state index contributed by atoms with van der Waals surface area (Å²) in [6.45, 7) is 17.4. The van der Waals surface area contributed by atoms with Crippen molar-refractivity contribution in [1.29, 1.82) is 0 Å². The van der Waals surface area contributed by atoms with Crippen LogP contribution in [0.2, 0.25) is 0 Å². The van der Waals surface area contributed by atoms with E-state index in [4.69, 9.17) is 4.74 Å². The van der Waals surface area contributed by atoms with Gasteiger partial charge in [0.2, 0.25) is 0 Å². The van der Waals surface area contributed by atoms with Gasteiger partial charge in [-0.3, -0.25) is 4.79 Å². The van der Waals surface area contributed by atoms with Crippen LogP contribution < -0.4 is 0 Å². The number of carbonyl (C=O) groups excluding carboxylic acids is 1. The zero-order valence-corrected chi connectivity index (χ0v) is 33.6. The first kappa shape index (κ1) is 40.5. The van der Waals surface area contributed by atoms with Crippen molar-refractivity contribution in [1.82, 2.24) is 0 Å². The second kappa shape index (κ2) is 20.1. The average molecular weight is 677 g/mol. The van der Waals surface area contributed by atoms with E-state index < -0.39 is 0 Å². The number of fused-ring (bicyclic) bond motifs is 5. The van der Waals surface area contributed by atoms with Gasteiger partial charge >= 0.3 is 5.97 Å². The largest absolute Gasteiger partial charge is 0.462 e. The number of rotatable bonds is 21. The molecule has 4 aliphatic rings. The summed E-state index contributed by atoms with van der Waals surface area (Å²) in [5.41, 5.74) is 2.50. The van der Waals surface area contributed by atoms with Crippen LogP contribution in [0.4, 0.5) is 0 Å². The van der Waals surface area contributed by atoms with Crippen LogP contribution in [0.15, 0.2) is 36.0 Å². The Morgan fingerprint density at radius 2 is 1.55 bits per heavy atom. The van der Waals surface area contributed by atoms with Crippen molar-refractivity contribution in [2.45, 2.75) is 202 Å². The fraction of sp³-hybridized carbons (Fsp3) is 0.851. The molecule has 2 heteroatoms. The lowest BCUT2D eigenvalue weighted by Crippen LogP contribution is -2.51. The molecule has 3 saturated carbocycles. The van der Waals surface area contributed by atoms with Crippen LogP contribution in [0, 0.1) is 52.3 Å². The maximum Gasteiger partial charge on any atom is 0.306 e. The number of unbranched alkanes of at least 4 members (excludes halogenated alkanes) is 8. The van der Waals surface area contributed by atoms with Gasteiger partial charge in [-0.15, -0.1) is 0 Å². The average Bonchev–Trinajstić information content (AvgIpc) is 3.44. The molecule has 0 spiro atoms. The van der Waals surface area contributed by atoms with Crippen LogP contribution >= 0.6 is 0 Å². The van der Waals surface area contributed by atoms with Crippen molar-refractivity contribution >= 4 is 5.97 Å². The lowest BCUT2D eigenvalue weighted by atomic mass is 9.47. The van der Waals surface area contributed by atoms with Crippen LogP contribution in [0.5, 0.6) is 0 Å². The molecule has 0 aliphatic heterocycles. The van der Waals surface area contributed by atoms with E-state index >= 15 is 0 Å². The van der Waals surface area contributed by atoms with Crippen molar-refractivity contribution in [2.24, 2.45) is 52.3 Å². The predicted octanol–water partition coefficient (Wildman–Crippen LogP) is 14.4. The summed E-state index contributed by atoms with van der Waals surface area (Å²) >= 11 is 0. The van der Waals surface area contributed by atoms with Gasteiger partial charge in [-0.2, -0.15) is 0 Å². The molecule has 0 aromatic carbocycles. The molecule has 0 N–H and O–H groups in total. The monoisotopic (exact) mass is 677 g/mol. The van der Waals surface area contributed by atoms with E-state index in [1.807, 2.05) is 0 Å². The van der Waals surface area contributed by atoms with E-state index in [2.05, 4.69) is 78.8 Å². The lowest BCUT2D eigenvalue weighted by Gasteiger charge is -2.58. The highest BCUT2D eigenvalue weighted by atomic mass is 16.5. The minimum absolute atomic E-state index is 0.0479. The first-order valence-electron chi connectivity index (χ1n) is 21.8. The molecule has 49 heavy (non-hydrogen) atoms. The molecule has 2 nitrogen and oxygen atoms in total. The number of esters is 1. The van der Waals surface area contributed by atoms with Gasteiger partial charge in [0.1, 0.15) is 6.10 Å². The van der Waals surface area contributed by atoms with Crippen molar-refractivity contribution in [3.63, 3.8) is 0 Å². The van der Waals surface area contributed by atoms with Crippen molar-refractivity contribution in [3.8, 4) is 0 Å². The number of ether oxygens (including phenoxy) is 1. The Balaban J connectivity index is 1.14. The summed E-state index contributed by atoms with van der Waals surface area (Å²) in [7, 11) is 0. The standard InChI is InChI=1S/C47H80O2/c1-8-10-11-12-13-14-15-16-17-18-19-20-21-22-23-24-45(48)49-40-31-33-46(6)39(35-40)27-28-41-43-30-29-42(47(43,7)34-32-44(41)46)37(5)25-26-38(9-2)36(3)4/h13-14,16-17,27,36-38,40-44H,8-12,15,18-26,28-35H2,1-7H3/b14-13-,17-16-/t37-,38-,40+,41+,42-,43+,44+,46+,47-/m1/s1. The van der Waals surface area contributed by atoms with E-state index in [1.165, 1.54) is 109 Å². The second-order valence-electron chi connectivity index (χ2n) is 18.3. The molecule has 0 bridgehead atoms. The first-order chi connectivity index (χ1) is 23.6. The molecule has 0 heterocycles. The van der Waals surface area contributed by atoms with Gasteiger partial charge in [0.15, 0.2) is 0 Å². The van der Waals surface area contributed by atoms with Gasteiger partial charge in [0.05, 0.1) is 0 Å². The summed E-state index contributed by atoms with van der Waals surface area (Å²) in [6.07, 6.45) is 40.5. The Kier molecular flexibility index (Phi) is 16.6. The molecule has 9 atom stereocenters. The number of hydrogen-bond acceptors (Lipinski definition) is 2. The summed E-state index contributed by atoms with van der Waals surface area (Å²) < 4.78 is 6.13. The summed E-state index contributed by atoms with van der Waals surface area (Å²) in [5.74, 6) is 6.13. The highest BCUT2D eigenvalue weighted by Crippen LogP contribution is 2.67. The van der Waals surface area contributed by atoms with Gasteiger partial charge < -0.3 is 4.74 Å². The minimum atomic E-state index is 0.0479. The Hall–Kier alpha value is -1.31. The van der Waals surface area contributed by atoms with Gasteiger partial charge in [-0.25, -0.2) is 0 Å². The maximum absolute atomic E-state index is 12.8. The number of allylic oxidation sites excluding steroid dienone is 5. The Morgan fingerprint density at radius 3 is 2.27 bits per heavy atom. The zero-order valence-electron chi connectivity index (χ0n) is 33.6. The molecular weight excluding hydrogens is 597 g/mol. The lowest BCUT2D eigenvalue weighted by molar-refractivity contribution is -0.151. The Bertz CT molecular complexity index is 1070. The zero-order chi connectivity index (χ0) is 35.3.